The molecule has 4 rings (SSSR count). The van der Waals surface area contributed by atoms with Crippen molar-refractivity contribution in [3.63, 3.8) is 0 Å². The SMILES string of the molecule is N#Cc1cc2oc3[n+](c2cc1C#N)CCCOc1ccccc1-3. The van der Waals surface area contributed by atoms with E-state index in [0.717, 1.165) is 29.8 Å². The van der Waals surface area contributed by atoms with E-state index in [2.05, 4.69) is 10.6 Å². The molecule has 110 valence electrons. The predicted molar refractivity (Wildman–Crippen MR) is 81.4 cm³/mol. The Morgan fingerprint density at radius 1 is 1.04 bits per heavy atom. The number of fused-ring (bicyclic) bond motifs is 5. The van der Waals surface area contributed by atoms with Crippen molar-refractivity contribution in [2.75, 3.05) is 6.61 Å². The van der Waals surface area contributed by atoms with E-state index in [0.29, 0.717) is 29.2 Å². The molecule has 0 saturated heterocycles. The fraction of sp³-hybridized carbons (Fsp3) is 0.167. The number of rotatable bonds is 0. The summed E-state index contributed by atoms with van der Waals surface area (Å²) in [5, 5.41) is 18.4. The Balaban J connectivity index is 2.06. The Morgan fingerprint density at radius 2 is 1.83 bits per heavy atom. The first-order chi connectivity index (χ1) is 11.3. The van der Waals surface area contributed by atoms with Crippen LogP contribution in [0.3, 0.4) is 0 Å². The Hall–Kier alpha value is -3.31. The van der Waals surface area contributed by atoms with Crippen molar-refractivity contribution in [1.29, 1.82) is 10.5 Å². The normalized spacial score (nSPS) is 13.0. The van der Waals surface area contributed by atoms with Gasteiger partial charge in [0, 0.05) is 18.6 Å². The Labute approximate surface area is 132 Å². The second kappa shape index (κ2) is 5.15. The number of para-hydroxylation sites is 1. The van der Waals surface area contributed by atoms with Gasteiger partial charge in [-0.1, -0.05) is 12.1 Å². The van der Waals surface area contributed by atoms with Crippen molar-refractivity contribution in [3.05, 3.63) is 47.5 Å². The van der Waals surface area contributed by atoms with Crippen LogP contribution in [-0.4, -0.2) is 6.61 Å². The quantitative estimate of drug-likeness (QED) is 0.598. The highest BCUT2D eigenvalue weighted by Gasteiger charge is 2.29. The first kappa shape index (κ1) is 13.4. The molecule has 23 heavy (non-hydrogen) atoms. The van der Waals surface area contributed by atoms with Crippen LogP contribution in [0.1, 0.15) is 17.5 Å². The molecule has 0 spiro atoms. The average molecular weight is 302 g/mol. The standard InChI is InChI=1S/C18H12N3O2/c19-10-12-8-15-17(9-13(12)11-20)23-18-14-4-1-2-5-16(14)22-7-3-6-21(15)18/h1-2,4-5,8-9H,3,6-7H2/q+1. The second-order valence-corrected chi connectivity index (χ2v) is 5.35. The summed E-state index contributed by atoms with van der Waals surface area (Å²) in [5.74, 6) is 1.47. The molecule has 2 heterocycles. The van der Waals surface area contributed by atoms with Gasteiger partial charge in [-0.15, -0.1) is 0 Å². The number of hydrogen-bond donors (Lipinski definition) is 0. The van der Waals surface area contributed by atoms with E-state index in [9.17, 15) is 10.5 Å². The highest BCUT2D eigenvalue weighted by molar-refractivity contribution is 5.77. The summed E-state index contributed by atoms with van der Waals surface area (Å²) in [4.78, 5) is 0. The Bertz CT molecular complexity index is 1010. The van der Waals surface area contributed by atoms with Crippen LogP contribution in [0.5, 0.6) is 5.75 Å². The summed E-state index contributed by atoms with van der Waals surface area (Å²) in [6.45, 7) is 1.35. The van der Waals surface area contributed by atoms with Crippen molar-refractivity contribution < 1.29 is 13.7 Å². The highest BCUT2D eigenvalue weighted by atomic mass is 16.5. The van der Waals surface area contributed by atoms with Gasteiger partial charge in [0.2, 0.25) is 5.58 Å². The maximum atomic E-state index is 9.25. The molecule has 0 radical (unpaired) electrons. The third kappa shape index (κ3) is 2.03. The van der Waals surface area contributed by atoms with Crippen molar-refractivity contribution in [3.8, 4) is 29.3 Å². The first-order valence-corrected chi connectivity index (χ1v) is 7.34. The van der Waals surface area contributed by atoms with E-state index in [-0.39, 0.29) is 0 Å². The van der Waals surface area contributed by atoms with Gasteiger partial charge in [-0.05, 0) is 12.1 Å². The lowest BCUT2D eigenvalue weighted by Crippen LogP contribution is -2.36. The maximum Gasteiger partial charge on any atom is 0.385 e. The fourth-order valence-electron chi connectivity index (χ4n) is 2.91. The lowest BCUT2D eigenvalue weighted by Gasteiger charge is -2.10. The molecular weight excluding hydrogens is 290 g/mol. The van der Waals surface area contributed by atoms with Gasteiger partial charge in [-0.2, -0.15) is 15.1 Å². The van der Waals surface area contributed by atoms with Gasteiger partial charge < -0.3 is 9.15 Å². The Kier molecular flexibility index (Phi) is 2.99. The van der Waals surface area contributed by atoms with Crippen LogP contribution in [0, 0.1) is 22.7 Å². The van der Waals surface area contributed by atoms with E-state index >= 15 is 0 Å². The van der Waals surface area contributed by atoms with E-state index in [1.54, 1.807) is 12.1 Å². The zero-order chi connectivity index (χ0) is 15.8. The maximum absolute atomic E-state index is 9.25. The van der Waals surface area contributed by atoms with Gasteiger partial charge in [-0.25, -0.2) is 0 Å². The topological polar surface area (TPSA) is 73.8 Å². The molecule has 0 atom stereocenters. The third-order valence-corrected chi connectivity index (χ3v) is 3.98. The molecule has 1 aromatic heterocycles. The number of benzene rings is 2. The predicted octanol–water partition coefficient (Wildman–Crippen LogP) is 2.91. The molecule has 5 heteroatoms. The number of nitriles is 2. The van der Waals surface area contributed by atoms with Crippen LogP contribution in [0.4, 0.5) is 0 Å². The van der Waals surface area contributed by atoms with Crippen molar-refractivity contribution in [2.24, 2.45) is 0 Å². The van der Waals surface area contributed by atoms with Crippen LogP contribution in [-0.2, 0) is 6.54 Å². The van der Waals surface area contributed by atoms with Gasteiger partial charge in [-0.3, -0.25) is 0 Å². The number of oxazole rings is 1. The van der Waals surface area contributed by atoms with E-state index in [1.165, 1.54) is 0 Å². The van der Waals surface area contributed by atoms with Crippen molar-refractivity contribution in [2.45, 2.75) is 13.0 Å². The first-order valence-electron chi connectivity index (χ1n) is 7.34. The zero-order valence-corrected chi connectivity index (χ0v) is 12.2. The van der Waals surface area contributed by atoms with Crippen LogP contribution in [0.2, 0.25) is 0 Å². The molecule has 5 nitrogen and oxygen atoms in total. The molecule has 1 aliphatic heterocycles. The van der Waals surface area contributed by atoms with Crippen molar-refractivity contribution in [1.82, 2.24) is 0 Å². The molecular formula is C18H12N3O2+. The summed E-state index contributed by atoms with van der Waals surface area (Å²) in [5.41, 5.74) is 2.99. The second-order valence-electron chi connectivity index (χ2n) is 5.35. The van der Waals surface area contributed by atoms with Gasteiger partial charge in [0.25, 0.3) is 5.52 Å². The smallest absolute Gasteiger partial charge is 0.385 e. The third-order valence-electron chi connectivity index (χ3n) is 3.98. The Morgan fingerprint density at radius 3 is 2.65 bits per heavy atom. The minimum Gasteiger partial charge on any atom is -0.492 e. The summed E-state index contributed by atoms with van der Waals surface area (Å²) >= 11 is 0. The monoisotopic (exact) mass is 302 g/mol. The molecule has 0 amide bonds. The van der Waals surface area contributed by atoms with E-state index in [4.69, 9.17) is 9.15 Å². The fourth-order valence-corrected chi connectivity index (χ4v) is 2.91. The number of aryl methyl sites for hydroxylation is 1. The molecule has 0 fully saturated rings. The number of hydrogen-bond acceptors (Lipinski definition) is 4. The summed E-state index contributed by atoms with van der Waals surface area (Å²) < 4.78 is 13.9. The minimum atomic E-state index is 0.326. The summed E-state index contributed by atoms with van der Waals surface area (Å²) in [6.07, 6.45) is 0.836. The molecule has 3 aromatic rings. The molecule has 1 aliphatic rings. The minimum absolute atomic E-state index is 0.326. The molecule has 0 unspecified atom stereocenters. The lowest BCUT2D eigenvalue weighted by atomic mass is 10.1. The molecule has 2 aromatic carbocycles. The number of ether oxygens (including phenoxy) is 1. The zero-order valence-electron chi connectivity index (χ0n) is 12.2. The van der Waals surface area contributed by atoms with Gasteiger partial charge in [0.15, 0.2) is 6.54 Å². The summed E-state index contributed by atoms with van der Waals surface area (Å²) in [6, 6.07) is 15.2. The van der Waals surface area contributed by atoms with Crippen molar-refractivity contribution >= 4 is 11.1 Å². The number of nitrogens with zero attached hydrogens (tertiary/aromatic N) is 3. The molecule has 0 aliphatic carbocycles. The molecule has 0 bridgehead atoms. The van der Waals surface area contributed by atoms with Crippen LogP contribution >= 0.6 is 0 Å². The molecule has 0 N–H and O–H groups in total. The van der Waals surface area contributed by atoms with E-state index in [1.807, 2.05) is 30.3 Å². The van der Waals surface area contributed by atoms with Crippen LogP contribution in [0.15, 0.2) is 40.8 Å². The highest BCUT2D eigenvalue weighted by Crippen LogP contribution is 2.32. The molecule has 0 saturated carbocycles. The van der Waals surface area contributed by atoms with E-state index < -0.39 is 0 Å². The number of aromatic nitrogens is 1. The van der Waals surface area contributed by atoms with Crippen LogP contribution in [0.25, 0.3) is 22.6 Å². The van der Waals surface area contributed by atoms with Gasteiger partial charge >= 0.3 is 5.89 Å². The van der Waals surface area contributed by atoms with Gasteiger partial charge in [0.1, 0.15) is 23.5 Å². The largest absolute Gasteiger partial charge is 0.492 e. The lowest BCUT2D eigenvalue weighted by molar-refractivity contribution is -0.665. The van der Waals surface area contributed by atoms with Gasteiger partial charge in [0.05, 0.1) is 17.7 Å². The average Bonchev–Trinajstić information content (AvgIpc) is 2.92. The summed E-state index contributed by atoms with van der Waals surface area (Å²) in [7, 11) is 0. The van der Waals surface area contributed by atoms with Crippen LogP contribution < -0.4 is 9.30 Å².